The molecule has 0 heterocycles. The van der Waals surface area contributed by atoms with Crippen LogP contribution in [0.2, 0.25) is 0 Å². The summed E-state index contributed by atoms with van der Waals surface area (Å²) in [5, 5.41) is 2.93. The summed E-state index contributed by atoms with van der Waals surface area (Å²) in [7, 11) is 0. The maximum absolute atomic E-state index is 11.4. The zero-order valence-corrected chi connectivity index (χ0v) is 15.6. The van der Waals surface area contributed by atoms with E-state index in [-0.39, 0.29) is 5.91 Å². The van der Waals surface area contributed by atoms with Crippen LogP contribution in [0.4, 0.5) is 0 Å². The molecule has 2 heteroatoms. The Morgan fingerprint density at radius 1 is 0.739 bits per heavy atom. The van der Waals surface area contributed by atoms with Crippen molar-refractivity contribution in [1.82, 2.24) is 5.32 Å². The van der Waals surface area contributed by atoms with Crippen molar-refractivity contribution in [2.75, 3.05) is 6.54 Å². The average molecular weight is 322 g/mol. The fraction of sp³-hybridized carbons (Fsp3) is 0.762. The van der Waals surface area contributed by atoms with E-state index in [0.29, 0.717) is 6.42 Å². The molecule has 1 N–H and O–H groups in total. The largest absolute Gasteiger partial charge is 0.356 e. The van der Waals surface area contributed by atoms with Gasteiger partial charge in [0.25, 0.3) is 0 Å². The molecule has 0 radical (unpaired) electrons. The van der Waals surface area contributed by atoms with Crippen molar-refractivity contribution in [1.29, 1.82) is 0 Å². The van der Waals surface area contributed by atoms with Crippen molar-refractivity contribution in [3.8, 4) is 0 Å². The Balaban J connectivity index is 3.23. The second-order valence-electron chi connectivity index (χ2n) is 6.33. The molecule has 2 nitrogen and oxygen atoms in total. The lowest BCUT2D eigenvalue weighted by Crippen LogP contribution is -2.23. The summed E-state index contributed by atoms with van der Waals surface area (Å²) in [4.78, 5) is 11.4. The van der Waals surface area contributed by atoms with Crippen molar-refractivity contribution in [3.05, 3.63) is 24.3 Å². The van der Waals surface area contributed by atoms with Gasteiger partial charge in [0, 0.05) is 13.0 Å². The van der Waals surface area contributed by atoms with Crippen LogP contribution < -0.4 is 5.32 Å². The van der Waals surface area contributed by atoms with E-state index in [4.69, 9.17) is 0 Å². The Bertz CT molecular complexity index is 307. The van der Waals surface area contributed by atoms with Gasteiger partial charge in [0.2, 0.25) is 5.91 Å². The first-order valence-electron chi connectivity index (χ1n) is 9.88. The standard InChI is InChI=1S/C21H39NO/c1-3-5-6-7-8-9-10-11-12-13-14-15-16-17-18-19-21(23)22-20-4-2/h8-9,11-12H,3-7,10,13-20H2,1-2H3,(H,22,23)/b9-8+,12-11-. The number of nitrogens with one attached hydrogen (secondary N) is 1. The SMILES string of the molecule is CCCCC/C=C/C/C=C\CCCCCCCC(=O)NCCC. The molecule has 0 aromatic heterocycles. The predicted molar refractivity (Wildman–Crippen MR) is 103 cm³/mol. The monoisotopic (exact) mass is 321 g/mol. The Morgan fingerprint density at radius 2 is 1.35 bits per heavy atom. The Kier molecular flexibility index (Phi) is 18.1. The van der Waals surface area contributed by atoms with Crippen LogP contribution in [0.15, 0.2) is 24.3 Å². The van der Waals surface area contributed by atoms with Gasteiger partial charge in [0.15, 0.2) is 0 Å². The summed E-state index contributed by atoms with van der Waals surface area (Å²) in [6.07, 6.45) is 24.5. The maximum atomic E-state index is 11.4. The molecule has 0 aliphatic heterocycles. The summed E-state index contributed by atoms with van der Waals surface area (Å²) >= 11 is 0. The molecule has 0 aliphatic rings. The van der Waals surface area contributed by atoms with Crippen LogP contribution >= 0.6 is 0 Å². The Labute approximate surface area is 144 Å². The summed E-state index contributed by atoms with van der Waals surface area (Å²) in [5.41, 5.74) is 0. The second-order valence-corrected chi connectivity index (χ2v) is 6.33. The molecule has 0 rings (SSSR count). The fourth-order valence-corrected chi connectivity index (χ4v) is 2.45. The average Bonchev–Trinajstić information content (AvgIpc) is 2.56. The van der Waals surface area contributed by atoms with E-state index >= 15 is 0 Å². The van der Waals surface area contributed by atoms with Gasteiger partial charge in [-0.05, 0) is 44.9 Å². The molecule has 23 heavy (non-hydrogen) atoms. The molecule has 1 amide bonds. The molecule has 0 aromatic rings. The molecular formula is C21H39NO. The lowest BCUT2D eigenvalue weighted by Gasteiger charge is -2.03. The van der Waals surface area contributed by atoms with Gasteiger partial charge in [-0.3, -0.25) is 4.79 Å². The van der Waals surface area contributed by atoms with Gasteiger partial charge in [-0.1, -0.05) is 70.3 Å². The van der Waals surface area contributed by atoms with Crippen LogP contribution in [0.5, 0.6) is 0 Å². The normalized spacial score (nSPS) is 11.6. The molecule has 0 aromatic carbocycles. The molecule has 0 saturated heterocycles. The molecule has 0 atom stereocenters. The number of rotatable bonds is 16. The van der Waals surface area contributed by atoms with Gasteiger partial charge >= 0.3 is 0 Å². The Morgan fingerprint density at radius 3 is 2.00 bits per heavy atom. The molecule has 0 saturated carbocycles. The van der Waals surface area contributed by atoms with E-state index < -0.39 is 0 Å². The quantitative estimate of drug-likeness (QED) is 0.261. The van der Waals surface area contributed by atoms with Gasteiger partial charge in [-0.25, -0.2) is 0 Å². The summed E-state index contributed by atoms with van der Waals surface area (Å²) in [5.74, 6) is 0.220. The third kappa shape index (κ3) is 18.9. The Hall–Kier alpha value is -1.05. The van der Waals surface area contributed by atoms with Crippen molar-refractivity contribution >= 4 is 5.91 Å². The predicted octanol–water partition coefficient (Wildman–Crippen LogP) is 6.33. The maximum Gasteiger partial charge on any atom is 0.219 e. The number of hydrogen-bond acceptors (Lipinski definition) is 1. The first-order chi connectivity index (χ1) is 11.3. The number of carbonyl (C=O) groups is 1. The van der Waals surface area contributed by atoms with Gasteiger partial charge in [0.1, 0.15) is 0 Å². The molecule has 0 bridgehead atoms. The van der Waals surface area contributed by atoms with Crippen LogP contribution in [0.3, 0.4) is 0 Å². The minimum absolute atomic E-state index is 0.220. The number of allylic oxidation sites excluding steroid dienone is 4. The van der Waals surface area contributed by atoms with E-state index in [2.05, 4.69) is 43.5 Å². The zero-order chi connectivity index (χ0) is 17.0. The van der Waals surface area contributed by atoms with Crippen molar-refractivity contribution < 1.29 is 4.79 Å². The third-order valence-corrected chi connectivity index (χ3v) is 3.93. The first-order valence-corrected chi connectivity index (χ1v) is 9.88. The molecule has 0 unspecified atom stereocenters. The highest BCUT2D eigenvalue weighted by atomic mass is 16.1. The minimum Gasteiger partial charge on any atom is -0.356 e. The third-order valence-electron chi connectivity index (χ3n) is 3.93. The summed E-state index contributed by atoms with van der Waals surface area (Å²) in [6.45, 7) is 5.15. The summed E-state index contributed by atoms with van der Waals surface area (Å²) in [6, 6.07) is 0. The van der Waals surface area contributed by atoms with Crippen LogP contribution in [0.25, 0.3) is 0 Å². The van der Waals surface area contributed by atoms with Gasteiger partial charge < -0.3 is 5.32 Å². The number of unbranched alkanes of at least 4 members (excludes halogenated alkanes) is 8. The number of carbonyl (C=O) groups excluding carboxylic acids is 1. The second kappa shape index (κ2) is 19.0. The zero-order valence-electron chi connectivity index (χ0n) is 15.6. The van der Waals surface area contributed by atoms with Crippen LogP contribution in [-0.4, -0.2) is 12.5 Å². The van der Waals surface area contributed by atoms with E-state index in [1.54, 1.807) is 0 Å². The van der Waals surface area contributed by atoms with Gasteiger partial charge in [-0.15, -0.1) is 0 Å². The smallest absolute Gasteiger partial charge is 0.219 e. The van der Waals surface area contributed by atoms with E-state index in [0.717, 1.165) is 25.8 Å². The molecule has 0 fully saturated rings. The van der Waals surface area contributed by atoms with E-state index in [1.807, 2.05) is 0 Å². The van der Waals surface area contributed by atoms with Crippen molar-refractivity contribution in [3.63, 3.8) is 0 Å². The van der Waals surface area contributed by atoms with Crippen molar-refractivity contribution in [2.24, 2.45) is 0 Å². The molecule has 134 valence electrons. The van der Waals surface area contributed by atoms with Gasteiger partial charge in [-0.2, -0.15) is 0 Å². The lowest BCUT2D eigenvalue weighted by atomic mass is 10.1. The molecular weight excluding hydrogens is 282 g/mol. The number of amides is 1. The lowest BCUT2D eigenvalue weighted by molar-refractivity contribution is -0.121. The van der Waals surface area contributed by atoms with Crippen LogP contribution in [0.1, 0.15) is 97.3 Å². The van der Waals surface area contributed by atoms with Crippen LogP contribution in [-0.2, 0) is 4.79 Å². The van der Waals surface area contributed by atoms with E-state index in [1.165, 1.54) is 57.8 Å². The fourth-order valence-electron chi connectivity index (χ4n) is 2.45. The van der Waals surface area contributed by atoms with Crippen LogP contribution in [0, 0.1) is 0 Å². The van der Waals surface area contributed by atoms with Crippen molar-refractivity contribution in [2.45, 2.75) is 97.3 Å². The highest BCUT2D eigenvalue weighted by Crippen LogP contribution is 2.08. The number of hydrogen-bond donors (Lipinski definition) is 1. The first kappa shape index (κ1) is 21.9. The summed E-state index contributed by atoms with van der Waals surface area (Å²) < 4.78 is 0. The molecule has 0 aliphatic carbocycles. The topological polar surface area (TPSA) is 29.1 Å². The minimum atomic E-state index is 0.220. The van der Waals surface area contributed by atoms with Gasteiger partial charge in [0.05, 0.1) is 0 Å². The highest BCUT2D eigenvalue weighted by Gasteiger charge is 1.98. The van der Waals surface area contributed by atoms with E-state index in [9.17, 15) is 4.79 Å². The highest BCUT2D eigenvalue weighted by molar-refractivity contribution is 5.75. The molecule has 0 spiro atoms.